The Hall–Kier alpha value is -4.30. The van der Waals surface area contributed by atoms with Crippen molar-refractivity contribution in [2.75, 3.05) is 0 Å². The quantitative estimate of drug-likeness (QED) is 0.108. The van der Waals surface area contributed by atoms with Crippen molar-refractivity contribution in [3.05, 3.63) is 223 Å². The van der Waals surface area contributed by atoms with Crippen molar-refractivity contribution in [3.63, 3.8) is 0 Å². The summed E-state index contributed by atoms with van der Waals surface area (Å²) >= 11 is -8.52. The first-order chi connectivity index (χ1) is 24.7. The molecular weight excluding hydrogens is 842 g/mol. The second-order valence-corrected chi connectivity index (χ2v) is 36.7. The molecule has 7 rings (SSSR count). The van der Waals surface area contributed by atoms with E-state index in [1.54, 1.807) is 8.95 Å². The predicted octanol–water partition coefficient (Wildman–Crippen LogP) is 6.64. The molecule has 7 aromatic carbocycles. The summed E-state index contributed by atoms with van der Waals surface area (Å²) in [6, 6.07) is 73.8. The molecule has 0 spiro atoms. The fraction of sp³-hybridized carbons (Fsp3) is 0. The molecule has 5 heteroatoms. The zero-order valence-corrected chi connectivity index (χ0v) is 34.0. The third kappa shape index (κ3) is 7.13. The zero-order chi connectivity index (χ0) is 34.1. The zero-order valence-electron chi connectivity index (χ0n) is 27.5. The third-order valence-electron chi connectivity index (χ3n) is 8.89. The minimum absolute atomic E-state index is 0.282. The standard InChI is InChI=1S/C9H8O2S.6C6H5.2Sn/c10-9(11)8(12)6-7-4-2-1-3-5-7;6*1-2-4-6-5-3-1;;/h1-6,12H,(H,10,11);6*1-5H;;/q;;;;;;;2*+1/p-2/b8-6+;;;;;;;;. The van der Waals surface area contributed by atoms with E-state index in [1.807, 2.05) is 42.5 Å². The van der Waals surface area contributed by atoms with Crippen molar-refractivity contribution in [2.45, 2.75) is 0 Å². The van der Waals surface area contributed by atoms with Crippen LogP contribution >= 0.6 is 8.95 Å². The first-order valence-corrected chi connectivity index (χ1v) is 30.8. The molecule has 50 heavy (non-hydrogen) atoms. The van der Waals surface area contributed by atoms with Crippen LogP contribution in [0.5, 0.6) is 0 Å². The van der Waals surface area contributed by atoms with Crippen LogP contribution in [0.3, 0.4) is 0 Å². The third-order valence-corrected chi connectivity index (χ3v) is 40.0. The van der Waals surface area contributed by atoms with Gasteiger partial charge in [-0.15, -0.1) is 0 Å². The topological polar surface area (TPSA) is 26.3 Å². The van der Waals surface area contributed by atoms with Crippen molar-refractivity contribution in [2.24, 2.45) is 0 Å². The van der Waals surface area contributed by atoms with Gasteiger partial charge in [0.15, 0.2) is 0 Å². The molecule has 0 atom stereocenters. The van der Waals surface area contributed by atoms with Crippen LogP contribution in [-0.4, -0.2) is 41.8 Å². The predicted molar refractivity (Wildman–Crippen MR) is 216 cm³/mol. The van der Waals surface area contributed by atoms with E-state index < -0.39 is 35.8 Å². The Kier molecular flexibility index (Phi) is 11.0. The number of hydrogen-bond acceptors (Lipinski definition) is 3. The Balaban J connectivity index is 1.47. The molecule has 0 amide bonds. The molecule has 0 aliphatic heterocycles. The molecule has 0 saturated heterocycles. The van der Waals surface area contributed by atoms with Gasteiger partial charge in [0.2, 0.25) is 0 Å². The van der Waals surface area contributed by atoms with Gasteiger partial charge in [0, 0.05) is 0 Å². The maximum absolute atomic E-state index is 15.4. The summed E-state index contributed by atoms with van der Waals surface area (Å²) < 4.78 is 14.4. The minimum atomic E-state index is -4.46. The monoisotopic (exact) mass is 880 g/mol. The molecule has 0 unspecified atom stereocenters. The van der Waals surface area contributed by atoms with E-state index in [0.717, 1.165) is 16.3 Å². The molecule has 0 heterocycles. The summed E-state index contributed by atoms with van der Waals surface area (Å²) in [6.45, 7) is 0. The Bertz CT molecular complexity index is 1950. The van der Waals surface area contributed by atoms with Gasteiger partial charge in [-0.2, -0.15) is 0 Å². The van der Waals surface area contributed by atoms with Crippen molar-refractivity contribution >= 4 is 78.3 Å². The van der Waals surface area contributed by atoms with Crippen LogP contribution in [0, 0.1) is 0 Å². The van der Waals surface area contributed by atoms with Crippen molar-refractivity contribution < 1.29 is 7.87 Å². The van der Waals surface area contributed by atoms with Crippen LogP contribution < -0.4 is 21.5 Å². The molecule has 0 bridgehead atoms. The molecule has 0 fully saturated rings. The average Bonchev–Trinajstić information content (AvgIpc) is 3.21. The maximum atomic E-state index is 15.4. The van der Waals surface area contributed by atoms with Crippen LogP contribution in [0.4, 0.5) is 0 Å². The molecule has 2 nitrogen and oxygen atoms in total. The number of rotatable bonds is 11. The molecular formula is C45H36O2SSn2. The van der Waals surface area contributed by atoms with Gasteiger partial charge in [-0.05, 0) is 0 Å². The fourth-order valence-corrected chi connectivity index (χ4v) is 36.8. The first-order valence-electron chi connectivity index (χ1n) is 16.7. The Morgan fingerprint density at radius 1 is 0.400 bits per heavy atom. The molecule has 0 saturated carbocycles. The summed E-state index contributed by atoms with van der Waals surface area (Å²) in [4.78, 5) is 16.0. The number of benzene rings is 7. The van der Waals surface area contributed by atoms with Gasteiger partial charge in [-0.1, -0.05) is 0 Å². The van der Waals surface area contributed by atoms with Crippen LogP contribution in [0.1, 0.15) is 5.56 Å². The summed E-state index contributed by atoms with van der Waals surface area (Å²) in [5.74, 6) is -0.282. The Morgan fingerprint density at radius 3 is 1.00 bits per heavy atom. The summed E-state index contributed by atoms with van der Waals surface area (Å²) in [6.07, 6.45) is 2.05. The summed E-state index contributed by atoms with van der Waals surface area (Å²) in [5.41, 5.74) is 0.959. The van der Waals surface area contributed by atoms with Crippen molar-refractivity contribution in [1.82, 2.24) is 0 Å². The van der Waals surface area contributed by atoms with Crippen LogP contribution in [-0.2, 0) is 7.87 Å². The average molecular weight is 878 g/mol. The Morgan fingerprint density at radius 2 is 0.680 bits per heavy atom. The molecule has 0 N–H and O–H groups in total. The van der Waals surface area contributed by atoms with E-state index in [4.69, 9.17) is 3.07 Å². The second kappa shape index (κ2) is 16.1. The fourth-order valence-electron chi connectivity index (χ4n) is 6.58. The molecule has 242 valence electrons. The van der Waals surface area contributed by atoms with E-state index in [0.29, 0.717) is 4.91 Å². The van der Waals surface area contributed by atoms with E-state index >= 15 is 4.79 Å². The van der Waals surface area contributed by atoms with Gasteiger partial charge >= 0.3 is 309 Å². The SMILES string of the molecule is O=C([O][Sn]([c]1ccccc1)([c]1ccccc1)[c]1ccccc1)/C(=C\c1ccccc1)[S][Sn]([c]1ccccc1)([c]1ccccc1)[c]1ccccc1. The molecule has 0 aliphatic carbocycles. The van der Waals surface area contributed by atoms with Crippen molar-refractivity contribution in [1.29, 1.82) is 0 Å². The molecule has 0 aliphatic rings. The first kappa shape index (κ1) is 34.2. The van der Waals surface area contributed by atoms with Gasteiger partial charge in [-0.25, -0.2) is 0 Å². The van der Waals surface area contributed by atoms with Gasteiger partial charge in [0.1, 0.15) is 0 Å². The number of carbonyl (C=O) groups excluding carboxylic acids is 1. The van der Waals surface area contributed by atoms with Crippen LogP contribution in [0.25, 0.3) is 6.08 Å². The number of hydrogen-bond donors (Lipinski definition) is 0. The normalized spacial score (nSPS) is 11.9. The van der Waals surface area contributed by atoms with Crippen LogP contribution in [0.15, 0.2) is 217 Å². The summed E-state index contributed by atoms with van der Waals surface area (Å²) in [7, 11) is 1.76. The second-order valence-electron chi connectivity index (χ2n) is 12.0. The summed E-state index contributed by atoms with van der Waals surface area (Å²) in [5, 5.41) is 0. The van der Waals surface area contributed by atoms with Crippen LogP contribution in [0.2, 0.25) is 0 Å². The van der Waals surface area contributed by atoms with E-state index in [-0.39, 0.29) is 5.97 Å². The van der Waals surface area contributed by atoms with E-state index in [2.05, 4.69) is 176 Å². The molecule has 0 radical (unpaired) electrons. The van der Waals surface area contributed by atoms with Gasteiger partial charge in [0.05, 0.1) is 0 Å². The Labute approximate surface area is 306 Å². The van der Waals surface area contributed by atoms with E-state index in [1.165, 1.54) is 10.7 Å². The van der Waals surface area contributed by atoms with E-state index in [9.17, 15) is 0 Å². The number of carbonyl (C=O) groups is 1. The molecule has 7 aromatic rings. The van der Waals surface area contributed by atoms with Crippen molar-refractivity contribution in [3.8, 4) is 0 Å². The van der Waals surface area contributed by atoms with Gasteiger partial charge < -0.3 is 0 Å². The molecule has 0 aromatic heterocycles. The van der Waals surface area contributed by atoms with Gasteiger partial charge in [0.25, 0.3) is 0 Å². The van der Waals surface area contributed by atoms with Gasteiger partial charge in [-0.3, -0.25) is 0 Å².